The lowest BCUT2D eigenvalue weighted by molar-refractivity contribution is 0.0809. The number of aryl methyl sites for hydroxylation is 1. The van der Waals surface area contributed by atoms with Gasteiger partial charge in [0.05, 0.1) is 5.69 Å². The summed E-state index contributed by atoms with van der Waals surface area (Å²) in [4.78, 5) is 0. The van der Waals surface area contributed by atoms with E-state index in [1.165, 1.54) is 19.3 Å². The Morgan fingerprint density at radius 3 is 2.76 bits per heavy atom. The largest absolute Gasteiger partial charge is 0.396 e. The van der Waals surface area contributed by atoms with Crippen LogP contribution >= 0.6 is 0 Å². The van der Waals surface area contributed by atoms with Crippen LogP contribution in [-0.2, 0) is 6.54 Å². The Hall–Kier alpha value is -0.870. The van der Waals surface area contributed by atoms with Crippen LogP contribution < -0.4 is 5.32 Å². The summed E-state index contributed by atoms with van der Waals surface area (Å²) < 4.78 is 5.02. The van der Waals surface area contributed by atoms with E-state index in [4.69, 9.17) is 4.52 Å². The second kappa shape index (κ2) is 5.65. The molecule has 0 amide bonds. The van der Waals surface area contributed by atoms with Gasteiger partial charge < -0.3 is 14.9 Å². The van der Waals surface area contributed by atoms with Gasteiger partial charge in [-0.15, -0.1) is 0 Å². The first-order valence-corrected chi connectivity index (χ1v) is 6.48. The molecule has 17 heavy (non-hydrogen) atoms. The molecule has 1 aromatic heterocycles. The van der Waals surface area contributed by atoms with Gasteiger partial charge in [0.25, 0.3) is 0 Å². The normalized spacial score (nSPS) is 19.4. The Bertz CT molecular complexity index is 343. The summed E-state index contributed by atoms with van der Waals surface area (Å²) in [6, 6.07) is 1.94. The van der Waals surface area contributed by atoms with Gasteiger partial charge in [-0.2, -0.15) is 0 Å². The maximum absolute atomic E-state index is 9.57. The molecule has 2 rings (SSSR count). The summed E-state index contributed by atoms with van der Waals surface area (Å²) in [5.74, 6) is 0.844. The minimum atomic E-state index is 0.0943. The molecule has 1 saturated carbocycles. The molecule has 2 N–H and O–H groups in total. The molecule has 4 heteroatoms. The predicted molar refractivity (Wildman–Crippen MR) is 65.6 cm³/mol. The van der Waals surface area contributed by atoms with Crippen molar-refractivity contribution in [3.8, 4) is 0 Å². The summed E-state index contributed by atoms with van der Waals surface area (Å²) in [6.07, 6.45) is 6.06. The van der Waals surface area contributed by atoms with Crippen molar-refractivity contribution in [2.45, 2.75) is 45.6 Å². The van der Waals surface area contributed by atoms with Crippen molar-refractivity contribution >= 4 is 0 Å². The van der Waals surface area contributed by atoms with E-state index in [-0.39, 0.29) is 12.0 Å². The first-order valence-electron chi connectivity index (χ1n) is 6.48. The third-order valence-corrected chi connectivity index (χ3v) is 3.73. The second-order valence-electron chi connectivity index (χ2n) is 5.25. The van der Waals surface area contributed by atoms with E-state index >= 15 is 0 Å². The van der Waals surface area contributed by atoms with Gasteiger partial charge in [0.1, 0.15) is 5.76 Å². The molecule has 96 valence electrons. The van der Waals surface area contributed by atoms with Crippen molar-refractivity contribution in [1.29, 1.82) is 0 Å². The maximum Gasteiger partial charge on any atom is 0.133 e. The number of hydrogen-bond acceptors (Lipinski definition) is 4. The van der Waals surface area contributed by atoms with E-state index in [0.717, 1.165) is 37.4 Å². The van der Waals surface area contributed by atoms with Crippen LogP contribution in [0.15, 0.2) is 10.6 Å². The zero-order chi connectivity index (χ0) is 12.1. The topological polar surface area (TPSA) is 58.3 Å². The van der Waals surface area contributed by atoms with E-state index < -0.39 is 0 Å². The van der Waals surface area contributed by atoms with E-state index in [1.807, 2.05) is 13.0 Å². The fourth-order valence-corrected chi connectivity index (χ4v) is 2.65. The highest BCUT2D eigenvalue weighted by molar-refractivity contribution is 5.03. The Morgan fingerprint density at radius 1 is 1.41 bits per heavy atom. The van der Waals surface area contributed by atoms with Gasteiger partial charge in [-0.25, -0.2) is 0 Å². The molecule has 1 aliphatic rings. The van der Waals surface area contributed by atoms with Gasteiger partial charge in [0.2, 0.25) is 0 Å². The molecular formula is C13H22N2O2. The SMILES string of the molecule is Cc1cc(CNCC2(CO)CCCCC2)no1. The Balaban J connectivity index is 1.79. The molecule has 1 aliphatic carbocycles. The average Bonchev–Trinajstić information content (AvgIpc) is 2.76. The fraction of sp³-hybridized carbons (Fsp3) is 0.769. The Labute approximate surface area is 102 Å². The molecule has 0 aliphatic heterocycles. The van der Waals surface area contributed by atoms with Crippen molar-refractivity contribution in [2.24, 2.45) is 5.41 Å². The maximum atomic E-state index is 9.57. The summed E-state index contributed by atoms with van der Waals surface area (Å²) in [7, 11) is 0. The third-order valence-electron chi connectivity index (χ3n) is 3.73. The van der Waals surface area contributed by atoms with Crippen LogP contribution in [0.25, 0.3) is 0 Å². The molecule has 4 nitrogen and oxygen atoms in total. The van der Waals surface area contributed by atoms with E-state index in [2.05, 4.69) is 10.5 Å². The quantitative estimate of drug-likeness (QED) is 0.824. The van der Waals surface area contributed by atoms with Gasteiger partial charge in [-0.05, 0) is 19.8 Å². The molecule has 1 aromatic rings. The lowest BCUT2D eigenvalue weighted by Gasteiger charge is -2.35. The minimum absolute atomic E-state index is 0.0943. The summed E-state index contributed by atoms with van der Waals surface area (Å²) in [6.45, 7) is 3.78. The van der Waals surface area contributed by atoms with E-state index in [1.54, 1.807) is 0 Å². The smallest absolute Gasteiger partial charge is 0.133 e. The van der Waals surface area contributed by atoms with Crippen LogP contribution in [0.3, 0.4) is 0 Å². The number of hydrogen-bond donors (Lipinski definition) is 2. The van der Waals surface area contributed by atoms with Crippen LogP contribution in [0.5, 0.6) is 0 Å². The number of nitrogens with zero attached hydrogens (tertiary/aromatic N) is 1. The zero-order valence-corrected chi connectivity index (χ0v) is 10.5. The highest BCUT2D eigenvalue weighted by Crippen LogP contribution is 2.35. The van der Waals surface area contributed by atoms with Gasteiger partial charge in [0, 0.05) is 31.2 Å². The summed E-state index contributed by atoms with van der Waals surface area (Å²) in [5.41, 5.74) is 1.03. The lowest BCUT2D eigenvalue weighted by atomic mass is 9.74. The van der Waals surface area contributed by atoms with Gasteiger partial charge >= 0.3 is 0 Å². The molecular weight excluding hydrogens is 216 g/mol. The second-order valence-corrected chi connectivity index (χ2v) is 5.25. The highest BCUT2D eigenvalue weighted by Gasteiger charge is 2.30. The van der Waals surface area contributed by atoms with E-state index in [9.17, 15) is 5.11 Å². The first kappa shape index (κ1) is 12.6. The third kappa shape index (κ3) is 3.30. The van der Waals surface area contributed by atoms with Gasteiger partial charge in [-0.3, -0.25) is 0 Å². The lowest BCUT2D eigenvalue weighted by Crippen LogP contribution is -2.38. The van der Waals surface area contributed by atoms with Crippen LogP contribution in [0, 0.1) is 12.3 Å². The zero-order valence-electron chi connectivity index (χ0n) is 10.5. The molecule has 0 radical (unpaired) electrons. The molecule has 1 fully saturated rings. The number of aliphatic hydroxyl groups excluding tert-OH is 1. The number of rotatable bonds is 5. The van der Waals surface area contributed by atoms with Crippen molar-refractivity contribution in [3.63, 3.8) is 0 Å². The Morgan fingerprint density at radius 2 is 2.18 bits per heavy atom. The summed E-state index contributed by atoms with van der Waals surface area (Å²) >= 11 is 0. The van der Waals surface area contributed by atoms with E-state index in [0.29, 0.717) is 0 Å². The van der Waals surface area contributed by atoms with Gasteiger partial charge in [-0.1, -0.05) is 24.4 Å². The molecule has 0 bridgehead atoms. The molecule has 0 aromatic carbocycles. The molecule has 0 unspecified atom stereocenters. The summed E-state index contributed by atoms with van der Waals surface area (Å²) in [5, 5.41) is 16.9. The minimum Gasteiger partial charge on any atom is -0.396 e. The fourth-order valence-electron chi connectivity index (χ4n) is 2.65. The Kier molecular flexibility index (Phi) is 4.18. The van der Waals surface area contributed by atoms with Crippen molar-refractivity contribution in [3.05, 3.63) is 17.5 Å². The molecule has 0 atom stereocenters. The standard InChI is InChI=1S/C13H22N2O2/c1-11-7-12(15-17-11)8-14-9-13(10-16)5-3-2-4-6-13/h7,14,16H,2-6,8-10H2,1H3. The molecule has 0 saturated heterocycles. The number of aromatic nitrogens is 1. The number of aliphatic hydroxyl groups is 1. The monoisotopic (exact) mass is 238 g/mol. The van der Waals surface area contributed by atoms with Crippen LogP contribution in [0.2, 0.25) is 0 Å². The van der Waals surface area contributed by atoms with Crippen molar-refractivity contribution in [2.75, 3.05) is 13.2 Å². The van der Waals surface area contributed by atoms with Crippen LogP contribution in [0.1, 0.15) is 43.6 Å². The predicted octanol–water partition coefficient (Wildman–Crippen LogP) is 2.02. The molecule has 1 heterocycles. The van der Waals surface area contributed by atoms with Crippen molar-refractivity contribution < 1.29 is 9.63 Å². The first-order chi connectivity index (χ1) is 8.24. The van der Waals surface area contributed by atoms with Crippen molar-refractivity contribution in [1.82, 2.24) is 10.5 Å². The van der Waals surface area contributed by atoms with Gasteiger partial charge in [0.15, 0.2) is 0 Å². The number of nitrogens with one attached hydrogen (secondary N) is 1. The molecule has 0 spiro atoms. The average molecular weight is 238 g/mol. The van der Waals surface area contributed by atoms with Crippen LogP contribution in [-0.4, -0.2) is 23.4 Å². The highest BCUT2D eigenvalue weighted by atomic mass is 16.5. The van der Waals surface area contributed by atoms with Crippen LogP contribution in [0.4, 0.5) is 0 Å².